The lowest BCUT2D eigenvalue weighted by atomic mass is 10.0. The number of nitrogens with one attached hydrogen (secondary N) is 1. The Labute approximate surface area is 119 Å². The van der Waals surface area contributed by atoms with E-state index in [4.69, 9.17) is 0 Å². The zero-order chi connectivity index (χ0) is 14.3. The molecule has 0 saturated carbocycles. The molecule has 0 fully saturated rings. The monoisotopic (exact) mass is 262 g/mol. The van der Waals surface area contributed by atoms with Gasteiger partial charge in [0, 0.05) is 18.3 Å². The van der Waals surface area contributed by atoms with E-state index in [0.29, 0.717) is 12.0 Å². The summed E-state index contributed by atoms with van der Waals surface area (Å²) in [5.74, 6) is 0.645. The Hall–Kier alpha value is -1.02. The van der Waals surface area contributed by atoms with E-state index in [9.17, 15) is 0 Å². The van der Waals surface area contributed by atoms with Gasteiger partial charge in [0.25, 0.3) is 0 Å². The molecule has 1 aromatic rings. The third-order valence-corrected chi connectivity index (χ3v) is 3.88. The fourth-order valence-corrected chi connectivity index (χ4v) is 2.50. The maximum atomic E-state index is 3.53. The first kappa shape index (κ1) is 16.0. The zero-order valence-corrected chi connectivity index (χ0v) is 13.2. The zero-order valence-electron chi connectivity index (χ0n) is 13.2. The predicted molar refractivity (Wildman–Crippen MR) is 86.0 cm³/mol. The fourth-order valence-electron chi connectivity index (χ4n) is 2.50. The van der Waals surface area contributed by atoms with Crippen molar-refractivity contribution in [2.24, 2.45) is 5.92 Å². The van der Waals surface area contributed by atoms with Gasteiger partial charge in [-0.15, -0.1) is 0 Å². The largest absolute Gasteiger partial charge is 0.369 e. The second-order valence-electron chi connectivity index (χ2n) is 5.55. The minimum atomic E-state index is 0.552. The van der Waals surface area contributed by atoms with Crippen LogP contribution >= 0.6 is 0 Å². The van der Waals surface area contributed by atoms with E-state index in [-0.39, 0.29) is 0 Å². The maximum Gasteiger partial charge on any atom is 0.0371 e. The van der Waals surface area contributed by atoms with Crippen LogP contribution in [0.5, 0.6) is 0 Å². The molecule has 1 rings (SSSR count). The first-order valence-corrected chi connectivity index (χ1v) is 7.64. The average Bonchev–Trinajstić information content (AvgIpc) is 2.39. The summed E-state index contributed by atoms with van der Waals surface area (Å²) in [6.45, 7) is 14.6. The molecule has 0 aliphatic rings. The number of benzene rings is 1. The van der Waals surface area contributed by atoms with Crippen molar-refractivity contribution in [1.82, 2.24) is 5.32 Å². The molecule has 1 N–H and O–H groups in total. The molecule has 0 aromatic heterocycles. The molecule has 0 radical (unpaired) electrons. The van der Waals surface area contributed by atoms with Crippen LogP contribution in [0.2, 0.25) is 0 Å². The van der Waals surface area contributed by atoms with Crippen molar-refractivity contribution in [3.63, 3.8) is 0 Å². The van der Waals surface area contributed by atoms with Gasteiger partial charge in [-0.2, -0.15) is 0 Å². The van der Waals surface area contributed by atoms with Gasteiger partial charge in [-0.05, 0) is 63.9 Å². The summed E-state index contributed by atoms with van der Waals surface area (Å²) < 4.78 is 0. The lowest BCUT2D eigenvalue weighted by Crippen LogP contribution is -2.41. The number of aryl methyl sites for hydroxylation is 1. The van der Waals surface area contributed by atoms with Crippen molar-refractivity contribution in [3.8, 4) is 0 Å². The van der Waals surface area contributed by atoms with Crippen LogP contribution in [-0.2, 0) is 0 Å². The van der Waals surface area contributed by atoms with Crippen LogP contribution in [0.25, 0.3) is 0 Å². The molecule has 2 heteroatoms. The Bertz CT molecular complexity index is 362. The van der Waals surface area contributed by atoms with Gasteiger partial charge in [0.05, 0.1) is 0 Å². The molecule has 0 spiro atoms. The van der Waals surface area contributed by atoms with Gasteiger partial charge in [0.15, 0.2) is 0 Å². The highest BCUT2D eigenvalue weighted by molar-refractivity contribution is 5.49. The van der Waals surface area contributed by atoms with Crippen LogP contribution in [0.4, 0.5) is 5.69 Å². The Morgan fingerprint density at radius 3 is 2.53 bits per heavy atom. The maximum absolute atomic E-state index is 3.53. The molecule has 19 heavy (non-hydrogen) atoms. The van der Waals surface area contributed by atoms with Gasteiger partial charge in [0.1, 0.15) is 0 Å². The normalized spacial score (nSPS) is 14.2. The molecule has 2 atom stereocenters. The summed E-state index contributed by atoms with van der Waals surface area (Å²) in [6.07, 6.45) is 1.20. The molecule has 1 aromatic carbocycles. The molecule has 0 bridgehead atoms. The van der Waals surface area contributed by atoms with Crippen LogP contribution in [-0.4, -0.2) is 25.7 Å². The van der Waals surface area contributed by atoms with Crippen molar-refractivity contribution in [2.45, 2.75) is 47.1 Å². The quantitative estimate of drug-likeness (QED) is 0.716. The van der Waals surface area contributed by atoms with Crippen molar-refractivity contribution in [3.05, 3.63) is 29.8 Å². The summed E-state index contributed by atoms with van der Waals surface area (Å²) in [4.78, 5) is 2.51. The number of rotatable bonds is 8. The van der Waals surface area contributed by atoms with Crippen LogP contribution in [0.15, 0.2) is 24.3 Å². The molecule has 0 saturated heterocycles. The van der Waals surface area contributed by atoms with Crippen molar-refractivity contribution < 1.29 is 0 Å². The van der Waals surface area contributed by atoms with E-state index >= 15 is 0 Å². The summed E-state index contributed by atoms with van der Waals surface area (Å²) >= 11 is 0. The van der Waals surface area contributed by atoms with Crippen molar-refractivity contribution in [2.75, 3.05) is 24.5 Å². The van der Waals surface area contributed by atoms with Crippen LogP contribution in [0.1, 0.15) is 39.7 Å². The van der Waals surface area contributed by atoms with Gasteiger partial charge in [-0.25, -0.2) is 0 Å². The highest BCUT2D eigenvalue weighted by atomic mass is 15.2. The number of hydrogen-bond donors (Lipinski definition) is 1. The molecular formula is C17H30N2. The van der Waals surface area contributed by atoms with E-state index in [1.54, 1.807) is 0 Å². The molecule has 0 aliphatic heterocycles. The Morgan fingerprint density at radius 2 is 1.95 bits per heavy atom. The Kier molecular flexibility index (Phi) is 6.93. The third kappa shape index (κ3) is 4.87. The van der Waals surface area contributed by atoms with Crippen molar-refractivity contribution >= 4 is 5.69 Å². The van der Waals surface area contributed by atoms with E-state index in [1.807, 2.05) is 0 Å². The molecule has 2 nitrogen and oxygen atoms in total. The minimum absolute atomic E-state index is 0.552. The van der Waals surface area contributed by atoms with E-state index < -0.39 is 0 Å². The van der Waals surface area contributed by atoms with E-state index in [1.165, 1.54) is 17.7 Å². The summed E-state index contributed by atoms with van der Waals surface area (Å²) in [5.41, 5.74) is 2.68. The van der Waals surface area contributed by atoms with E-state index in [2.05, 4.69) is 69.1 Å². The SMILES string of the molecule is CCCNCC(C)C(C)N(CC)c1cccc(C)c1. The van der Waals surface area contributed by atoms with Crippen molar-refractivity contribution in [1.29, 1.82) is 0 Å². The number of nitrogens with zero attached hydrogens (tertiary/aromatic N) is 1. The molecule has 108 valence electrons. The van der Waals surface area contributed by atoms with Crippen LogP contribution in [0, 0.1) is 12.8 Å². The summed E-state index contributed by atoms with van der Waals surface area (Å²) in [7, 11) is 0. The molecule has 0 aliphatic carbocycles. The minimum Gasteiger partial charge on any atom is -0.369 e. The molecular weight excluding hydrogens is 232 g/mol. The molecule has 0 amide bonds. The van der Waals surface area contributed by atoms with Crippen LogP contribution < -0.4 is 10.2 Å². The second kappa shape index (κ2) is 8.21. The second-order valence-corrected chi connectivity index (χ2v) is 5.55. The average molecular weight is 262 g/mol. The van der Waals surface area contributed by atoms with Gasteiger partial charge < -0.3 is 10.2 Å². The smallest absolute Gasteiger partial charge is 0.0371 e. The van der Waals surface area contributed by atoms with Crippen LogP contribution in [0.3, 0.4) is 0 Å². The lowest BCUT2D eigenvalue weighted by Gasteiger charge is -2.34. The fraction of sp³-hybridized carbons (Fsp3) is 0.647. The Morgan fingerprint density at radius 1 is 1.21 bits per heavy atom. The standard InChI is InChI=1S/C17H30N2/c1-6-11-18-13-15(4)16(5)19(7-2)17-10-8-9-14(3)12-17/h8-10,12,15-16,18H,6-7,11,13H2,1-5H3. The summed E-state index contributed by atoms with van der Waals surface area (Å²) in [6, 6.07) is 9.37. The van der Waals surface area contributed by atoms with Gasteiger partial charge >= 0.3 is 0 Å². The first-order chi connectivity index (χ1) is 9.10. The molecule has 2 unspecified atom stereocenters. The van der Waals surface area contributed by atoms with Gasteiger partial charge in [-0.1, -0.05) is 26.0 Å². The van der Waals surface area contributed by atoms with Gasteiger partial charge in [-0.3, -0.25) is 0 Å². The number of hydrogen-bond acceptors (Lipinski definition) is 2. The summed E-state index contributed by atoms with van der Waals surface area (Å²) in [5, 5.41) is 3.53. The van der Waals surface area contributed by atoms with Gasteiger partial charge in [0.2, 0.25) is 0 Å². The number of anilines is 1. The lowest BCUT2D eigenvalue weighted by molar-refractivity contribution is 0.424. The topological polar surface area (TPSA) is 15.3 Å². The molecule has 0 heterocycles. The Balaban J connectivity index is 2.68. The predicted octanol–water partition coefficient (Wildman–Crippen LogP) is 3.85. The highest BCUT2D eigenvalue weighted by Crippen LogP contribution is 2.21. The first-order valence-electron chi connectivity index (χ1n) is 7.64. The third-order valence-electron chi connectivity index (χ3n) is 3.88. The van der Waals surface area contributed by atoms with E-state index in [0.717, 1.165) is 19.6 Å². The highest BCUT2D eigenvalue weighted by Gasteiger charge is 2.19.